The molecule has 0 aromatic heterocycles. The fraction of sp³-hybridized carbons (Fsp3) is 0.833. The molecule has 1 saturated carbocycles. The van der Waals surface area contributed by atoms with Gasteiger partial charge in [0.15, 0.2) is 0 Å². The van der Waals surface area contributed by atoms with Gasteiger partial charge in [-0.1, -0.05) is 32.4 Å². The zero-order valence-corrected chi connectivity index (χ0v) is 9.01. The first-order valence-corrected chi connectivity index (χ1v) is 5.47. The van der Waals surface area contributed by atoms with Crippen LogP contribution in [-0.2, 0) is 0 Å². The van der Waals surface area contributed by atoms with Crippen LogP contribution in [0, 0.1) is 23.2 Å². The topological polar surface area (TPSA) is 26.0 Å². The van der Waals surface area contributed by atoms with Crippen LogP contribution < -0.4 is 5.73 Å². The molecule has 3 atom stereocenters. The Labute approximate surface area is 81.4 Å². The molecule has 3 aliphatic carbocycles. The SMILES string of the molecule is CC(CN)C1=CCC2CC1C2(C)C. The number of nitrogens with two attached hydrogens (primary N) is 1. The molecule has 0 heterocycles. The van der Waals surface area contributed by atoms with Gasteiger partial charge < -0.3 is 5.73 Å². The maximum Gasteiger partial charge on any atom is -0.00140 e. The standard InChI is InChI=1S/C12H21N/c1-8(7-13)10-5-4-9-6-11(10)12(9,2)3/h5,8-9,11H,4,6-7,13H2,1-3H3. The maximum absolute atomic E-state index is 5.73. The minimum Gasteiger partial charge on any atom is -0.330 e. The lowest BCUT2D eigenvalue weighted by Crippen LogP contribution is -2.49. The molecule has 0 aliphatic heterocycles. The molecule has 13 heavy (non-hydrogen) atoms. The van der Waals surface area contributed by atoms with Crippen LogP contribution in [0.5, 0.6) is 0 Å². The molecule has 0 saturated heterocycles. The van der Waals surface area contributed by atoms with E-state index in [9.17, 15) is 0 Å². The summed E-state index contributed by atoms with van der Waals surface area (Å²) in [6.07, 6.45) is 5.17. The van der Waals surface area contributed by atoms with E-state index in [1.54, 1.807) is 5.57 Å². The van der Waals surface area contributed by atoms with Crippen molar-refractivity contribution in [2.75, 3.05) is 6.54 Å². The Balaban J connectivity index is 2.18. The minimum atomic E-state index is 0.563. The molecule has 3 rings (SSSR count). The van der Waals surface area contributed by atoms with Gasteiger partial charge in [0.1, 0.15) is 0 Å². The fourth-order valence-electron chi connectivity index (χ4n) is 3.08. The Bertz CT molecular complexity index is 240. The van der Waals surface area contributed by atoms with Crippen molar-refractivity contribution < 1.29 is 0 Å². The smallest absolute Gasteiger partial charge is 0.00140 e. The van der Waals surface area contributed by atoms with Crippen LogP contribution in [0.3, 0.4) is 0 Å². The van der Waals surface area contributed by atoms with E-state index in [1.807, 2.05) is 0 Å². The zero-order valence-electron chi connectivity index (χ0n) is 9.01. The average molecular weight is 179 g/mol. The van der Waals surface area contributed by atoms with Gasteiger partial charge in [0.25, 0.3) is 0 Å². The van der Waals surface area contributed by atoms with E-state index in [2.05, 4.69) is 26.8 Å². The van der Waals surface area contributed by atoms with Crippen molar-refractivity contribution in [1.82, 2.24) is 0 Å². The van der Waals surface area contributed by atoms with E-state index in [0.29, 0.717) is 11.3 Å². The molecule has 74 valence electrons. The van der Waals surface area contributed by atoms with Crippen LogP contribution in [0.4, 0.5) is 0 Å². The van der Waals surface area contributed by atoms with Gasteiger partial charge in [-0.3, -0.25) is 0 Å². The fourth-order valence-corrected chi connectivity index (χ4v) is 3.08. The number of fused-ring (bicyclic) bond motifs is 1. The summed E-state index contributed by atoms with van der Waals surface area (Å²) in [7, 11) is 0. The van der Waals surface area contributed by atoms with E-state index in [4.69, 9.17) is 5.73 Å². The van der Waals surface area contributed by atoms with Gasteiger partial charge in [-0.15, -0.1) is 0 Å². The van der Waals surface area contributed by atoms with Gasteiger partial charge in [0.2, 0.25) is 0 Å². The molecule has 0 aromatic rings. The normalized spacial score (nSPS) is 37.7. The summed E-state index contributed by atoms with van der Waals surface area (Å²) in [5.41, 5.74) is 7.94. The number of hydrogen-bond donors (Lipinski definition) is 1. The second-order valence-corrected chi connectivity index (χ2v) is 5.38. The highest BCUT2D eigenvalue weighted by atomic mass is 14.6. The number of allylic oxidation sites excluding steroid dienone is 1. The highest BCUT2D eigenvalue weighted by molar-refractivity contribution is 5.25. The third-order valence-corrected chi connectivity index (χ3v) is 4.43. The minimum absolute atomic E-state index is 0.563. The van der Waals surface area contributed by atoms with Crippen molar-refractivity contribution in [2.24, 2.45) is 28.9 Å². The van der Waals surface area contributed by atoms with Gasteiger partial charge in [-0.25, -0.2) is 0 Å². The van der Waals surface area contributed by atoms with Crippen molar-refractivity contribution in [2.45, 2.75) is 33.6 Å². The van der Waals surface area contributed by atoms with Crippen molar-refractivity contribution >= 4 is 0 Å². The molecule has 1 heteroatoms. The average Bonchev–Trinajstić information content (AvgIpc) is 2.16. The summed E-state index contributed by atoms with van der Waals surface area (Å²) in [6.45, 7) is 7.91. The molecule has 3 aliphatic rings. The first kappa shape index (κ1) is 9.26. The van der Waals surface area contributed by atoms with Gasteiger partial charge in [0.05, 0.1) is 0 Å². The van der Waals surface area contributed by atoms with Crippen molar-refractivity contribution in [1.29, 1.82) is 0 Å². The summed E-state index contributed by atoms with van der Waals surface area (Å²) in [4.78, 5) is 0. The van der Waals surface area contributed by atoms with E-state index >= 15 is 0 Å². The Kier molecular flexibility index (Phi) is 2.03. The van der Waals surface area contributed by atoms with Crippen LogP contribution in [-0.4, -0.2) is 6.54 Å². The van der Waals surface area contributed by atoms with Gasteiger partial charge in [0, 0.05) is 0 Å². The monoisotopic (exact) mass is 179 g/mol. The lowest BCUT2D eigenvalue weighted by Gasteiger charge is -2.57. The first-order chi connectivity index (χ1) is 6.07. The summed E-state index contributed by atoms with van der Waals surface area (Å²) in [5.74, 6) is 2.39. The number of rotatable bonds is 2. The molecular formula is C12H21N. The summed E-state index contributed by atoms with van der Waals surface area (Å²) >= 11 is 0. The maximum atomic E-state index is 5.73. The molecule has 2 bridgehead atoms. The molecule has 0 aromatic carbocycles. The highest BCUT2D eigenvalue weighted by Crippen LogP contribution is 2.60. The first-order valence-electron chi connectivity index (χ1n) is 5.47. The molecule has 1 nitrogen and oxygen atoms in total. The Morgan fingerprint density at radius 3 is 2.77 bits per heavy atom. The molecule has 2 N–H and O–H groups in total. The van der Waals surface area contributed by atoms with Crippen molar-refractivity contribution in [3.8, 4) is 0 Å². The predicted molar refractivity (Wildman–Crippen MR) is 56.3 cm³/mol. The van der Waals surface area contributed by atoms with Gasteiger partial charge in [-0.2, -0.15) is 0 Å². The third kappa shape index (κ3) is 1.17. The van der Waals surface area contributed by atoms with Crippen LogP contribution in [0.15, 0.2) is 11.6 Å². The van der Waals surface area contributed by atoms with Crippen LogP contribution in [0.25, 0.3) is 0 Å². The lowest BCUT2D eigenvalue weighted by atomic mass is 9.48. The Morgan fingerprint density at radius 1 is 1.62 bits per heavy atom. The van der Waals surface area contributed by atoms with Crippen LogP contribution in [0.2, 0.25) is 0 Å². The Hall–Kier alpha value is -0.300. The van der Waals surface area contributed by atoms with Crippen molar-refractivity contribution in [3.05, 3.63) is 11.6 Å². The van der Waals surface area contributed by atoms with E-state index in [0.717, 1.165) is 18.4 Å². The molecular weight excluding hydrogens is 158 g/mol. The molecule has 3 unspecified atom stereocenters. The molecule has 1 fully saturated rings. The summed E-state index contributed by atoms with van der Waals surface area (Å²) in [5, 5.41) is 0. The molecule has 0 amide bonds. The quantitative estimate of drug-likeness (QED) is 0.648. The van der Waals surface area contributed by atoms with E-state index < -0.39 is 0 Å². The third-order valence-electron chi connectivity index (χ3n) is 4.43. The second-order valence-electron chi connectivity index (χ2n) is 5.38. The van der Waals surface area contributed by atoms with Gasteiger partial charge in [-0.05, 0) is 42.6 Å². The highest BCUT2D eigenvalue weighted by Gasteiger charge is 2.51. The molecule has 0 radical (unpaired) electrons. The largest absolute Gasteiger partial charge is 0.330 e. The van der Waals surface area contributed by atoms with Crippen LogP contribution in [0.1, 0.15) is 33.6 Å². The second kappa shape index (κ2) is 2.84. The zero-order chi connectivity index (χ0) is 9.64. The van der Waals surface area contributed by atoms with Crippen molar-refractivity contribution in [3.63, 3.8) is 0 Å². The lowest BCUT2D eigenvalue weighted by molar-refractivity contribution is -0.0119. The molecule has 0 spiro atoms. The summed E-state index contributed by atoms with van der Waals surface area (Å²) in [6, 6.07) is 0. The van der Waals surface area contributed by atoms with E-state index in [-0.39, 0.29) is 0 Å². The van der Waals surface area contributed by atoms with Crippen LogP contribution >= 0.6 is 0 Å². The number of hydrogen-bond acceptors (Lipinski definition) is 1. The van der Waals surface area contributed by atoms with Gasteiger partial charge >= 0.3 is 0 Å². The van der Waals surface area contributed by atoms with E-state index in [1.165, 1.54) is 12.8 Å². The summed E-state index contributed by atoms with van der Waals surface area (Å²) < 4.78 is 0. The predicted octanol–water partition coefficient (Wildman–Crippen LogP) is 2.57. The Morgan fingerprint density at radius 2 is 2.31 bits per heavy atom.